The van der Waals surface area contributed by atoms with E-state index in [1.54, 1.807) is 30.3 Å². The Kier molecular flexibility index (Phi) is 3.69. The van der Waals surface area contributed by atoms with Gasteiger partial charge in [0, 0.05) is 6.20 Å². The van der Waals surface area contributed by atoms with E-state index in [0.717, 1.165) is 0 Å². The predicted molar refractivity (Wildman–Crippen MR) is 73.3 cm³/mol. The van der Waals surface area contributed by atoms with Crippen molar-refractivity contribution in [1.29, 1.82) is 0 Å². The molecule has 1 amide bonds. The molecule has 1 aromatic carbocycles. The number of para-hydroxylation sites is 1. The number of nitrogen functional groups attached to an aromatic ring is 1. The first kappa shape index (κ1) is 12.7. The summed E-state index contributed by atoms with van der Waals surface area (Å²) in [5.74, 6) is 0.420. The monoisotopic (exact) mass is 281 g/mol. The van der Waals surface area contributed by atoms with E-state index in [1.807, 2.05) is 0 Å². The van der Waals surface area contributed by atoms with Crippen molar-refractivity contribution in [3.8, 4) is 0 Å². The number of rotatable bonds is 3. The summed E-state index contributed by atoms with van der Waals surface area (Å²) in [5.41, 5.74) is 6.64. The number of halogens is 2. The SMILES string of the molecule is Nc1c(Cl)cccc1N(C=O)c1ccc(Cl)cn1. The Hall–Kier alpha value is -1.78. The summed E-state index contributed by atoms with van der Waals surface area (Å²) in [6, 6.07) is 8.31. The summed E-state index contributed by atoms with van der Waals surface area (Å²) in [4.78, 5) is 16.6. The largest absolute Gasteiger partial charge is 0.396 e. The first-order valence-electron chi connectivity index (χ1n) is 5.03. The molecule has 0 spiro atoms. The molecule has 2 rings (SSSR count). The van der Waals surface area contributed by atoms with Gasteiger partial charge in [-0.1, -0.05) is 29.3 Å². The van der Waals surface area contributed by atoms with E-state index in [4.69, 9.17) is 28.9 Å². The maximum atomic E-state index is 11.2. The van der Waals surface area contributed by atoms with Crippen LogP contribution in [0.15, 0.2) is 36.5 Å². The van der Waals surface area contributed by atoms with Crippen LogP contribution in [0.5, 0.6) is 0 Å². The van der Waals surface area contributed by atoms with Crippen LogP contribution in [0, 0.1) is 0 Å². The number of carbonyl (C=O) groups excluding carboxylic acids is 1. The van der Waals surface area contributed by atoms with Gasteiger partial charge in [0.05, 0.1) is 21.4 Å². The lowest BCUT2D eigenvalue weighted by Gasteiger charge is -2.18. The maximum Gasteiger partial charge on any atom is 0.219 e. The van der Waals surface area contributed by atoms with Gasteiger partial charge in [0.1, 0.15) is 5.82 Å². The summed E-state index contributed by atoms with van der Waals surface area (Å²) < 4.78 is 0. The topological polar surface area (TPSA) is 59.2 Å². The van der Waals surface area contributed by atoms with Crippen molar-refractivity contribution in [2.45, 2.75) is 0 Å². The standard InChI is InChI=1S/C12H9Cl2N3O/c13-8-4-5-11(16-6-8)17(7-18)10-3-1-2-9(14)12(10)15/h1-7H,15H2. The molecule has 1 heterocycles. The Morgan fingerprint density at radius 2 is 2.00 bits per heavy atom. The maximum absolute atomic E-state index is 11.2. The third kappa shape index (κ3) is 2.39. The van der Waals surface area contributed by atoms with E-state index in [1.165, 1.54) is 11.1 Å². The predicted octanol–water partition coefficient (Wildman–Crippen LogP) is 3.27. The highest BCUT2D eigenvalue weighted by Crippen LogP contribution is 2.33. The molecule has 6 heteroatoms. The number of nitrogens with two attached hydrogens (primary N) is 1. The smallest absolute Gasteiger partial charge is 0.219 e. The molecular formula is C12H9Cl2N3O. The van der Waals surface area contributed by atoms with Crippen LogP contribution in [0.4, 0.5) is 17.2 Å². The van der Waals surface area contributed by atoms with Gasteiger partial charge in [-0.2, -0.15) is 0 Å². The van der Waals surface area contributed by atoms with Crippen molar-refractivity contribution in [2.24, 2.45) is 0 Å². The van der Waals surface area contributed by atoms with E-state index < -0.39 is 0 Å². The number of anilines is 3. The van der Waals surface area contributed by atoms with Crippen LogP contribution in [-0.2, 0) is 4.79 Å². The molecule has 0 aliphatic rings. The fraction of sp³-hybridized carbons (Fsp3) is 0. The molecular weight excluding hydrogens is 273 g/mol. The van der Waals surface area contributed by atoms with Crippen LogP contribution in [0.25, 0.3) is 0 Å². The lowest BCUT2D eigenvalue weighted by Crippen LogP contribution is -2.17. The molecule has 0 saturated carbocycles. The van der Waals surface area contributed by atoms with Crippen molar-refractivity contribution < 1.29 is 4.79 Å². The second-order valence-corrected chi connectivity index (χ2v) is 4.33. The van der Waals surface area contributed by atoms with Gasteiger partial charge in [-0.25, -0.2) is 4.98 Å². The molecule has 4 nitrogen and oxygen atoms in total. The van der Waals surface area contributed by atoms with E-state index >= 15 is 0 Å². The molecule has 18 heavy (non-hydrogen) atoms. The molecule has 0 radical (unpaired) electrons. The lowest BCUT2D eigenvalue weighted by atomic mass is 10.2. The molecule has 0 bridgehead atoms. The fourth-order valence-corrected chi connectivity index (χ4v) is 1.76. The number of nitrogens with zero attached hydrogens (tertiary/aromatic N) is 2. The minimum absolute atomic E-state index is 0.322. The molecule has 0 atom stereocenters. The van der Waals surface area contributed by atoms with Gasteiger partial charge in [-0.3, -0.25) is 9.69 Å². The number of benzene rings is 1. The van der Waals surface area contributed by atoms with E-state index in [0.29, 0.717) is 33.6 Å². The Labute approximate surface area is 114 Å². The van der Waals surface area contributed by atoms with Crippen LogP contribution in [0.1, 0.15) is 0 Å². The highest BCUT2D eigenvalue weighted by molar-refractivity contribution is 6.34. The molecule has 92 valence electrons. The van der Waals surface area contributed by atoms with Gasteiger partial charge < -0.3 is 5.73 Å². The van der Waals surface area contributed by atoms with E-state index in [-0.39, 0.29) is 0 Å². The molecule has 0 aliphatic carbocycles. The molecule has 0 aliphatic heterocycles. The zero-order valence-corrected chi connectivity index (χ0v) is 10.7. The number of aromatic nitrogens is 1. The van der Waals surface area contributed by atoms with Crippen molar-refractivity contribution in [3.05, 3.63) is 46.6 Å². The third-order valence-electron chi connectivity index (χ3n) is 2.35. The number of carbonyl (C=O) groups is 1. The minimum Gasteiger partial charge on any atom is -0.396 e. The zero-order chi connectivity index (χ0) is 13.1. The Bertz CT molecular complexity index is 572. The van der Waals surface area contributed by atoms with Crippen molar-refractivity contribution in [2.75, 3.05) is 10.6 Å². The summed E-state index contributed by atoms with van der Waals surface area (Å²) >= 11 is 11.7. The second-order valence-electron chi connectivity index (χ2n) is 3.48. The first-order chi connectivity index (χ1) is 8.63. The van der Waals surface area contributed by atoms with Gasteiger partial charge in [-0.05, 0) is 24.3 Å². The van der Waals surface area contributed by atoms with Gasteiger partial charge in [0.2, 0.25) is 6.41 Å². The minimum atomic E-state index is 0.322. The highest BCUT2D eigenvalue weighted by atomic mass is 35.5. The summed E-state index contributed by atoms with van der Waals surface area (Å²) in [6.07, 6.45) is 2.08. The highest BCUT2D eigenvalue weighted by Gasteiger charge is 2.14. The third-order valence-corrected chi connectivity index (χ3v) is 2.91. The van der Waals surface area contributed by atoms with E-state index in [9.17, 15) is 4.79 Å². The average molecular weight is 282 g/mol. The Morgan fingerprint density at radius 3 is 2.61 bits per heavy atom. The molecule has 0 fully saturated rings. The van der Waals surface area contributed by atoms with Crippen molar-refractivity contribution >= 4 is 46.8 Å². The van der Waals surface area contributed by atoms with Crippen LogP contribution in [-0.4, -0.2) is 11.4 Å². The van der Waals surface area contributed by atoms with Crippen molar-refractivity contribution in [1.82, 2.24) is 4.98 Å². The summed E-state index contributed by atoms with van der Waals surface area (Å²) in [6.45, 7) is 0. The van der Waals surface area contributed by atoms with Gasteiger partial charge >= 0.3 is 0 Å². The molecule has 0 saturated heterocycles. The fourth-order valence-electron chi connectivity index (χ4n) is 1.48. The molecule has 1 aromatic heterocycles. The van der Waals surface area contributed by atoms with Gasteiger partial charge in [0.15, 0.2) is 0 Å². The number of hydrogen-bond donors (Lipinski definition) is 1. The van der Waals surface area contributed by atoms with E-state index in [2.05, 4.69) is 4.98 Å². The van der Waals surface area contributed by atoms with Crippen LogP contribution in [0.2, 0.25) is 10.0 Å². The van der Waals surface area contributed by atoms with Crippen LogP contribution in [0.3, 0.4) is 0 Å². The Balaban J connectivity index is 2.48. The van der Waals surface area contributed by atoms with Gasteiger partial charge in [-0.15, -0.1) is 0 Å². The lowest BCUT2D eigenvalue weighted by molar-refractivity contribution is -0.106. The second kappa shape index (κ2) is 5.25. The molecule has 0 unspecified atom stereocenters. The van der Waals surface area contributed by atoms with Crippen LogP contribution < -0.4 is 10.6 Å². The van der Waals surface area contributed by atoms with Crippen molar-refractivity contribution in [3.63, 3.8) is 0 Å². The summed E-state index contributed by atoms with van der Waals surface area (Å²) in [7, 11) is 0. The van der Waals surface area contributed by atoms with Gasteiger partial charge in [0.25, 0.3) is 0 Å². The first-order valence-corrected chi connectivity index (χ1v) is 5.79. The molecule has 2 N–H and O–H groups in total. The number of hydrogen-bond acceptors (Lipinski definition) is 3. The summed E-state index contributed by atoms with van der Waals surface area (Å²) in [5, 5.41) is 0.872. The Morgan fingerprint density at radius 1 is 1.22 bits per heavy atom. The number of amides is 1. The molecule has 2 aromatic rings. The van der Waals surface area contributed by atoms with Crippen LogP contribution >= 0.6 is 23.2 Å². The quantitative estimate of drug-likeness (QED) is 0.694. The number of pyridine rings is 1. The zero-order valence-electron chi connectivity index (χ0n) is 9.18. The average Bonchev–Trinajstić information content (AvgIpc) is 2.37. The normalized spacial score (nSPS) is 10.1.